The number of hydrogen-bond acceptors (Lipinski definition) is 3. The van der Waals surface area contributed by atoms with Crippen molar-refractivity contribution in [3.63, 3.8) is 0 Å². The first-order valence-corrected chi connectivity index (χ1v) is 4.86. The Hall–Kier alpha value is -1.59. The van der Waals surface area contributed by atoms with Crippen LogP contribution in [0.25, 0.3) is 0 Å². The highest BCUT2D eigenvalue weighted by atomic mass is 16.4. The second-order valence-electron chi connectivity index (χ2n) is 4.33. The summed E-state index contributed by atoms with van der Waals surface area (Å²) in [6.07, 6.45) is 0.216. The van der Waals surface area contributed by atoms with E-state index in [0.717, 1.165) is 4.90 Å². The van der Waals surface area contributed by atoms with Crippen LogP contribution in [0.2, 0.25) is 0 Å². The van der Waals surface area contributed by atoms with Crippen molar-refractivity contribution in [1.82, 2.24) is 4.90 Å². The summed E-state index contributed by atoms with van der Waals surface area (Å²) in [5, 5.41) is 17.3. The summed E-state index contributed by atoms with van der Waals surface area (Å²) < 4.78 is 0. The molecule has 0 aromatic carbocycles. The summed E-state index contributed by atoms with van der Waals surface area (Å²) >= 11 is 0. The van der Waals surface area contributed by atoms with Crippen molar-refractivity contribution in [3.8, 4) is 0 Å². The number of hydrogen-bond donors (Lipinski definition) is 2. The number of aliphatic carboxylic acids is 2. The lowest BCUT2D eigenvalue weighted by atomic mass is 9.88. The van der Waals surface area contributed by atoms with E-state index in [-0.39, 0.29) is 25.3 Å². The van der Waals surface area contributed by atoms with Gasteiger partial charge in [0.15, 0.2) is 0 Å². The molecule has 0 saturated heterocycles. The van der Waals surface area contributed by atoms with E-state index >= 15 is 0 Å². The Bertz CT molecular complexity index is 298. The fourth-order valence-electron chi connectivity index (χ4n) is 1.01. The molecule has 1 amide bonds. The zero-order valence-corrected chi connectivity index (χ0v) is 9.69. The van der Waals surface area contributed by atoms with E-state index in [4.69, 9.17) is 10.2 Å². The van der Waals surface area contributed by atoms with Crippen LogP contribution in [0.15, 0.2) is 0 Å². The van der Waals surface area contributed by atoms with Gasteiger partial charge in [0.2, 0.25) is 5.91 Å². The van der Waals surface area contributed by atoms with Crippen LogP contribution in [0.4, 0.5) is 0 Å². The van der Waals surface area contributed by atoms with Gasteiger partial charge in [0.05, 0.1) is 5.41 Å². The number of carbonyl (C=O) groups is 3. The summed E-state index contributed by atoms with van der Waals surface area (Å²) in [4.78, 5) is 33.6. The number of amides is 1. The van der Waals surface area contributed by atoms with Gasteiger partial charge in [0.1, 0.15) is 6.54 Å². The summed E-state index contributed by atoms with van der Waals surface area (Å²) in [5.74, 6) is -2.42. The lowest BCUT2D eigenvalue weighted by Gasteiger charge is -2.20. The van der Waals surface area contributed by atoms with Gasteiger partial charge in [-0.2, -0.15) is 0 Å². The highest BCUT2D eigenvalue weighted by molar-refractivity contribution is 5.82. The van der Waals surface area contributed by atoms with Crippen molar-refractivity contribution in [3.05, 3.63) is 0 Å². The SMILES string of the molecule is CN(CC(=O)O)C(=O)CCC(C)(C)C(=O)O. The first-order valence-electron chi connectivity index (χ1n) is 4.86. The first kappa shape index (κ1) is 14.4. The third-order valence-electron chi connectivity index (χ3n) is 2.34. The van der Waals surface area contributed by atoms with Crippen molar-refractivity contribution >= 4 is 17.8 Å². The van der Waals surface area contributed by atoms with Crippen molar-refractivity contribution in [2.75, 3.05) is 13.6 Å². The number of likely N-dealkylation sites (N-methyl/N-ethyl adjacent to an activating group) is 1. The van der Waals surface area contributed by atoms with E-state index < -0.39 is 17.4 Å². The summed E-state index contributed by atoms with van der Waals surface area (Å²) in [5.41, 5.74) is -0.972. The summed E-state index contributed by atoms with van der Waals surface area (Å²) in [6, 6.07) is 0. The molecule has 6 nitrogen and oxygen atoms in total. The Labute approximate surface area is 93.9 Å². The molecule has 0 spiro atoms. The number of carbonyl (C=O) groups excluding carboxylic acids is 1. The Morgan fingerprint density at radius 2 is 1.69 bits per heavy atom. The molecule has 0 bridgehead atoms. The van der Waals surface area contributed by atoms with Gasteiger partial charge in [0.25, 0.3) is 0 Å². The van der Waals surface area contributed by atoms with Crippen LogP contribution >= 0.6 is 0 Å². The highest BCUT2D eigenvalue weighted by Gasteiger charge is 2.28. The number of rotatable bonds is 6. The van der Waals surface area contributed by atoms with Crippen molar-refractivity contribution in [1.29, 1.82) is 0 Å². The molecule has 0 aliphatic carbocycles. The molecule has 0 radical (unpaired) electrons. The zero-order valence-electron chi connectivity index (χ0n) is 9.69. The molecule has 92 valence electrons. The first-order chi connectivity index (χ1) is 7.16. The Balaban J connectivity index is 4.17. The molecule has 0 fully saturated rings. The zero-order chi connectivity index (χ0) is 12.9. The Morgan fingerprint density at radius 1 is 1.19 bits per heavy atom. The summed E-state index contributed by atoms with van der Waals surface area (Å²) in [6.45, 7) is 2.69. The Kier molecular flexibility index (Phi) is 4.94. The maximum Gasteiger partial charge on any atom is 0.323 e. The standard InChI is InChI=1S/C10H17NO5/c1-10(2,9(15)16)5-4-7(12)11(3)6-8(13)14/h4-6H2,1-3H3,(H,13,14)(H,15,16). The third-order valence-corrected chi connectivity index (χ3v) is 2.34. The minimum atomic E-state index is -1.09. The fraction of sp³-hybridized carbons (Fsp3) is 0.700. The monoisotopic (exact) mass is 231 g/mol. The van der Waals surface area contributed by atoms with E-state index in [9.17, 15) is 14.4 Å². The smallest absolute Gasteiger partial charge is 0.323 e. The van der Waals surface area contributed by atoms with Gasteiger partial charge in [-0.15, -0.1) is 0 Å². The average molecular weight is 231 g/mol. The molecule has 0 rings (SSSR count). The molecular formula is C10H17NO5. The molecule has 0 aliphatic rings. The number of nitrogens with zero attached hydrogens (tertiary/aromatic N) is 1. The van der Waals surface area contributed by atoms with E-state index in [0.29, 0.717) is 0 Å². The van der Waals surface area contributed by atoms with Gasteiger partial charge < -0.3 is 15.1 Å². The van der Waals surface area contributed by atoms with Crippen LogP contribution in [-0.4, -0.2) is 46.6 Å². The van der Waals surface area contributed by atoms with Gasteiger partial charge in [-0.05, 0) is 20.3 Å². The van der Waals surface area contributed by atoms with Crippen molar-refractivity contribution in [2.45, 2.75) is 26.7 Å². The molecular weight excluding hydrogens is 214 g/mol. The molecule has 0 aromatic heterocycles. The van der Waals surface area contributed by atoms with E-state index in [1.165, 1.54) is 20.9 Å². The molecule has 0 saturated carbocycles. The molecule has 0 aromatic rings. The van der Waals surface area contributed by atoms with Crippen molar-refractivity contribution < 1.29 is 24.6 Å². The quantitative estimate of drug-likeness (QED) is 0.690. The number of carboxylic acid groups (broad SMARTS) is 2. The lowest BCUT2D eigenvalue weighted by molar-refractivity contribution is -0.148. The normalized spacial score (nSPS) is 10.9. The maximum absolute atomic E-state index is 11.4. The molecule has 6 heteroatoms. The van der Waals surface area contributed by atoms with Gasteiger partial charge in [-0.1, -0.05) is 0 Å². The van der Waals surface area contributed by atoms with Crippen LogP contribution in [-0.2, 0) is 14.4 Å². The van der Waals surface area contributed by atoms with Crippen LogP contribution in [0.3, 0.4) is 0 Å². The molecule has 0 unspecified atom stereocenters. The van der Waals surface area contributed by atoms with Crippen LogP contribution < -0.4 is 0 Å². The largest absolute Gasteiger partial charge is 0.481 e. The van der Waals surface area contributed by atoms with Gasteiger partial charge in [-0.25, -0.2) is 0 Å². The van der Waals surface area contributed by atoms with Gasteiger partial charge >= 0.3 is 11.9 Å². The van der Waals surface area contributed by atoms with Gasteiger partial charge in [-0.3, -0.25) is 14.4 Å². The molecule has 0 aliphatic heterocycles. The van der Waals surface area contributed by atoms with E-state index in [1.807, 2.05) is 0 Å². The van der Waals surface area contributed by atoms with Crippen molar-refractivity contribution in [2.24, 2.45) is 5.41 Å². The minimum absolute atomic E-state index is 0.0308. The second-order valence-corrected chi connectivity index (χ2v) is 4.33. The maximum atomic E-state index is 11.4. The second kappa shape index (κ2) is 5.48. The average Bonchev–Trinajstić information content (AvgIpc) is 2.12. The summed E-state index contributed by atoms with van der Waals surface area (Å²) in [7, 11) is 1.38. The molecule has 16 heavy (non-hydrogen) atoms. The van der Waals surface area contributed by atoms with Gasteiger partial charge in [0, 0.05) is 13.5 Å². The predicted molar refractivity (Wildman–Crippen MR) is 55.9 cm³/mol. The topological polar surface area (TPSA) is 94.9 Å². The predicted octanol–water partition coefficient (Wildman–Crippen LogP) is 0.420. The van der Waals surface area contributed by atoms with E-state index in [1.54, 1.807) is 0 Å². The third kappa shape index (κ3) is 4.77. The fourth-order valence-corrected chi connectivity index (χ4v) is 1.01. The molecule has 0 atom stereocenters. The lowest BCUT2D eigenvalue weighted by Crippen LogP contribution is -2.33. The van der Waals surface area contributed by atoms with E-state index in [2.05, 4.69) is 0 Å². The molecule has 0 heterocycles. The van der Waals surface area contributed by atoms with Crippen LogP contribution in [0, 0.1) is 5.41 Å². The molecule has 2 N–H and O–H groups in total. The minimum Gasteiger partial charge on any atom is -0.481 e. The van der Waals surface area contributed by atoms with Crippen LogP contribution in [0.5, 0.6) is 0 Å². The Morgan fingerprint density at radius 3 is 2.06 bits per heavy atom. The number of carboxylic acids is 2. The van der Waals surface area contributed by atoms with Crippen LogP contribution in [0.1, 0.15) is 26.7 Å². The highest BCUT2D eigenvalue weighted by Crippen LogP contribution is 2.22.